The van der Waals surface area contributed by atoms with E-state index >= 15 is 0 Å². The summed E-state index contributed by atoms with van der Waals surface area (Å²) in [5.41, 5.74) is 10.1. The first-order valence-electron chi connectivity index (χ1n) is 19.0. The van der Waals surface area contributed by atoms with Gasteiger partial charge in [0.2, 0.25) is 0 Å². The first kappa shape index (κ1) is 36.9. The molecule has 0 aliphatic carbocycles. The van der Waals surface area contributed by atoms with Gasteiger partial charge in [0, 0.05) is 34.0 Å². The van der Waals surface area contributed by atoms with Crippen LogP contribution in [0, 0.1) is 36.5 Å². The zero-order valence-electron chi connectivity index (χ0n) is 30.9. The number of hydrogen-bond acceptors (Lipinski definition) is 8. The van der Waals surface area contributed by atoms with Crippen LogP contribution in [0.5, 0.6) is 0 Å². The number of aliphatic hydroxyl groups excluding tert-OH is 2. The lowest BCUT2D eigenvalue weighted by atomic mass is 9.91. The quantitative estimate of drug-likeness (QED) is 0.135. The van der Waals surface area contributed by atoms with Crippen molar-refractivity contribution in [2.45, 2.75) is 76.7 Å². The minimum Gasteiger partial charge on any atom is -0.387 e. The Hall–Kier alpha value is -5.48. The summed E-state index contributed by atoms with van der Waals surface area (Å²) >= 11 is 0. The van der Waals surface area contributed by atoms with Gasteiger partial charge in [0.25, 0.3) is 0 Å². The van der Waals surface area contributed by atoms with Crippen molar-refractivity contribution in [2.75, 3.05) is 13.1 Å². The van der Waals surface area contributed by atoms with Crippen LogP contribution in [0.2, 0.25) is 0 Å². The zero-order chi connectivity index (χ0) is 37.6. The molecule has 2 fully saturated rings. The van der Waals surface area contributed by atoms with E-state index in [1.807, 2.05) is 111 Å². The van der Waals surface area contributed by atoms with Crippen LogP contribution in [0.3, 0.4) is 0 Å². The average molecular weight is 715 g/mol. The first-order chi connectivity index (χ1) is 26.3. The topological polar surface area (TPSA) is 138 Å². The molecule has 0 bridgehead atoms. The Morgan fingerprint density at radius 2 is 1.02 bits per heavy atom. The number of hydrogen-bond donors (Lipinski definition) is 4. The molecule has 6 aromatic rings. The molecular weight excluding hydrogens is 669 g/mol. The second kappa shape index (κ2) is 16.7. The van der Waals surface area contributed by atoms with Crippen LogP contribution in [0.1, 0.15) is 84.1 Å². The van der Waals surface area contributed by atoms with Gasteiger partial charge in [0.15, 0.2) is 0 Å². The van der Waals surface area contributed by atoms with E-state index in [0.29, 0.717) is 11.1 Å². The highest BCUT2D eigenvalue weighted by atomic mass is 16.3. The van der Waals surface area contributed by atoms with Crippen molar-refractivity contribution in [1.29, 1.82) is 10.5 Å². The molecule has 0 saturated carbocycles. The molecule has 0 spiro atoms. The summed E-state index contributed by atoms with van der Waals surface area (Å²) < 4.78 is 0. The lowest BCUT2D eigenvalue weighted by Gasteiger charge is -2.29. The number of benzene rings is 4. The van der Waals surface area contributed by atoms with E-state index in [1.165, 1.54) is 0 Å². The van der Waals surface area contributed by atoms with Gasteiger partial charge < -0.3 is 20.8 Å². The highest BCUT2D eigenvalue weighted by Crippen LogP contribution is 2.34. The molecule has 0 amide bonds. The second-order valence-electron chi connectivity index (χ2n) is 14.5. The fourth-order valence-corrected chi connectivity index (χ4v) is 7.72. The maximum absolute atomic E-state index is 11.1. The maximum atomic E-state index is 11.1. The summed E-state index contributed by atoms with van der Waals surface area (Å²) in [6.07, 6.45) is 5.35. The molecule has 2 aliphatic heterocycles. The molecular formula is C46H46N6O2. The summed E-state index contributed by atoms with van der Waals surface area (Å²) in [5, 5.41) is 49.8. The van der Waals surface area contributed by atoms with Crippen molar-refractivity contribution >= 4 is 21.8 Å². The standard InChI is InChI=1S/2C23H23N3O/c2*1-15-9-10-16(12-17(15)14-24)22-13-19(18-6-2-3-7-20(18)26-22)23(27)21-8-4-5-11-25-21/h2*2-3,6-7,9-10,12-13,21,23,25,27H,4-5,8,11H2,1H3/t2*21-,23+/m10/s1. The SMILES string of the molecule is Cc1ccc(-c2cc([C@@H](O)[C@@H]3CCCCN3)c3ccccc3n2)cc1C#N.Cc1ccc(-c2cc([C@H](O)[C@H]3CCCCN3)c3ccccc3n2)cc1C#N. The van der Waals surface area contributed by atoms with Crippen LogP contribution in [0.25, 0.3) is 44.3 Å². The molecule has 8 heteroatoms. The fraction of sp³-hybridized carbons (Fsp3) is 0.304. The summed E-state index contributed by atoms with van der Waals surface area (Å²) in [5.74, 6) is 0. The molecule has 4 heterocycles. The third-order valence-corrected chi connectivity index (χ3v) is 10.9. The van der Waals surface area contributed by atoms with Crippen molar-refractivity contribution in [3.63, 3.8) is 0 Å². The molecule has 2 aromatic heterocycles. The average Bonchev–Trinajstić information content (AvgIpc) is 3.23. The Balaban J connectivity index is 0.000000167. The van der Waals surface area contributed by atoms with E-state index in [9.17, 15) is 20.7 Å². The van der Waals surface area contributed by atoms with Gasteiger partial charge >= 0.3 is 0 Å². The van der Waals surface area contributed by atoms with Gasteiger partial charge in [-0.3, -0.25) is 0 Å². The van der Waals surface area contributed by atoms with Gasteiger partial charge in [-0.15, -0.1) is 0 Å². The molecule has 8 rings (SSSR count). The van der Waals surface area contributed by atoms with Gasteiger partial charge in [0.1, 0.15) is 0 Å². The predicted molar refractivity (Wildman–Crippen MR) is 214 cm³/mol. The van der Waals surface area contributed by atoms with Gasteiger partial charge in [-0.05, 0) is 111 Å². The molecule has 54 heavy (non-hydrogen) atoms. The Bertz CT molecular complexity index is 2200. The summed E-state index contributed by atoms with van der Waals surface area (Å²) in [6, 6.07) is 36.1. The molecule has 4 N–H and O–H groups in total. The smallest absolute Gasteiger partial charge is 0.0994 e. The highest BCUT2D eigenvalue weighted by molar-refractivity contribution is 5.87. The number of aliphatic hydroxyl groups is 2. The molecule has 272 valence electrons. The van der Waals surface area contributed by atoms with E-state index in [1.54, 1.807) is 0 Å². The number of nitrogens with one attached hydrogen (secondary N) is 2. The lowest BCUT2D eigenvalue weighted by Crippen LogP contribution is -2.38. The van der Waals surface area contributed by atoms with Crippen LogP contribution in [-0.2, 0) is 0 Å². The van der Waals surface area contributed by atoms with Crippen LogP contribution in [0.4, 0.5) is 0 Å². The van der Waals surface area contributed by atoms with E-state index in [-0.39, 0.29) is 12.1 Å². The van der Waals surface area contributed by atoms with E-state index in [2.05, 4.69) is 22.8 Å². The molecule has 0 radical (unpaired) electrons. The summed E-state index contributed by atoms with van der Waals surface area (Å²) in [7, 11) is 0. The second-order valence-corrected chi connectivity index (χ2v) is 14.5. The zero-order valence-corrected chi connectivity index (χ0v) is 30.9. The summed E-state index contributed by atoms with van der Waals surface area (Å²) in [6.45, 7) is 5.75. The normalized spacial score (nSPS) is 18.2. The number of fused-ring (bicyclic) bond motifs is 2. The maximum Gasteiger partial charge on any atom is 0.0994 e. The Kier molecular flexibility index (Phi) is 11.4. The van der Waals surface area contributed by atoms with E-state index in [0.717, 1.165) is 118 Å². The largest absolute Gasteiger partial charge is 0.387 e. The van der Waals surface area contributed by atoms with Crippen LogP contribution in [-0.4, -0.2) is 45.4 Å². The van der Waals surface area contributed by atoms with Gasteiger partial charge in [-0.2, -0.15) is 10.5 Å². The van der Waals surface area contributed by atoms with E-state index < -0.39 is 12.2 Å². The molecule has 8 nitrogen and oxygen atoms in total. The minimum atomic E-state index is -0.585. The molecule has 4 atom stereocenters. The van der Waals surface area contributed by atoms with E-state index in [4.69, 9.17) is 9.97 Å². The third kappa shape index (κ3) is 7.89. The number of piperidine rings is 2. The van der Waals surface area contributed by atoms with Crippen LogP contribution < -0.4 is 10.6 Å². The molecule has 2 saturated heterocycles. The fourth-order valence-electron chi connectivity index (χ4n) is 7.72. The number of pyridine rings is 2. The number of nitriles is 2. The molecule has 4 aromatic carbocycles. The Labute approximate surface area is 317 Å². The minimum absolute atomic E-state index is 0.0603. The van der Waals surface area contributed by atoms with Crippen LogP contribution in [0.15, 0.2) is 97.1 Å². The van der Waals surface area contributed by atoms with Crippen molar-refractivity contribution < 1.29 is 10.2 Å². The van der Waals surface area contributed by atoms with Gasteiger partial charge in [0.05, 0.1) is 57.9 Å². The number of rotatable bonds is 6. The summed E-state index contributed by atoms with van der Waals surface area (Å²) in [4.78, 5) is 9.60. The van der Waals surface area contributed by atoms with Crippen molar-refractivity contribution in [1.82, 2.24) is 20.6 Å². The van der Waals surface area contributed by atoms with Gasteiger partial charge in [-0.25, -0.2) is 9.97 Å². The lowest BCUT2D eigenvalue weighted by molar-refractivity contribution is 0.115. The predicted octanol–water partition coefficient (Wildman–Crippen LogP) is 8.51. The van der Waals surface area contributed by atoms with Gasteiger partial charge in [-0.1, -0.05) is 73.5 Å². The highest BCUT2D eigenvalue weighted by Gasteiger charge is 2.26. The molecule has 2 aliphatic rings. The number of para-hydroxylation sites is 2. The third-order valence-electron chi connectivity index (χ3n) is 10.9. The van der Waals surface area contributed by atoms with Crippen molar-refractivity contribution in [2.24, 2.45) is 0 Å². The molecule has 0 unspecified atom stereocenters. The van der Waals surface area contributed by atoms with Crippen molar-refractivity contribution in [3.8, 4) is 34.7 Å². The van der Waals surface area contributed by atoms with Crippen molar-refractivity contribution in [3.05, 3.63) is 130 Å². The Morgan fingerprint density at radius 3 is 1.41 bits per heavy atom. The Morgan fingerprint density at radius 1 is 0.593 bits per heavy atom. The van der Waals surface area contributed by atoms with Crippen LogP contribution >= 0.6 is 0 Å². The number of aryl methyl sites for hydroxylation is 2. The monoisotopic (exact) mass is 714 g/mol. The number of aromatic nitrogens is 2. The number of nitrogens with zero attached hydrogens (tertiary/aromatic N) is 4. The first-order valence-corrected chi connectivity index (χ1v) is 19.0.